The number of carbonyl (C=O) groups excluding carboxylic acids is 2. The van der Waals surface area contributed by atoms with Gasteiger partial charge in [0.05, 0.1) is 22.9 Å². The number of methoxy groups -OCH3 is 1. The number of fused-ring (bicyclic) bond motifs is 1. The van der Waals surface area contributed by atoms with Gasteiger partial charge in [0, 0.05) is 5.56 Å². The van der Waals surface area contributed by atoms with Crippen molar-refractivity contribution in [1.29, 1.82) is 0 Å². The standard InChI is InChI=1S/C17H12FN3O3S2/c1-24-15(23)10-5-6-12-13(8-10)26-17(19-12)21-16(25)20-14(22)9-3-2-4-11(18)7-9/h2-8H,1H3,(H2,19,20,21,22,25). The van der Waals surface area contributed by atoms with Gasteiger partial charge in [-0.05, 0) is 48.6 Å². The average molecular weight is 389 g/mol. The lowest BCUT2D eigenvalue weighted by atomic mass is 10.2. The Kier molecular flexibility index (Phi) is 5.19. The first-order chi connectivity index (χ1) is 12.5. The van der Waals surface area contributed by atoms with Gasteiger partial charge in [0.25, 0.3) is 5.91 Å². The highest BCUT2D eigenvalue weighted by atomic mass is 32.1. The Morgan fingerprint density at radius 2 is 2.00 bits per heavy atom. The molecule has 9 heteroatoms. The van der Waals surface area contributed by atoms with E-state index in [2.05, 4.69) is 20.4 Å². The SMILES string of the molecule is COC(=O)c1ccc2nc(NC(=S)NC(=O)c3cccc(F)c3)sc2c1. The average Bonchev–Trinajstić information content (AvgIpc) is 3.01. The summed E-state index contributed by atoms with van der Waals surface area (Å²) < 4.78 is 18.6. The number of hydrogen-bond donors (Lipinski definition) is 2. The highest BCUT2D eigenvalue weighted by Crippen LogP contribution is 2.27. The van der Waals surface area contributed by atoms with Crippen LogP contribution >= 0.6 is 23.6 Å². The van der Waals surface area contributed by atoms with Crippen LogP contribution in [-0.2, 0) is 4.74 Å². The summed E-state index contributed by atoms with van der Waals surface area (Å²) in [5.41, 5.74) is 1.24. The van der Waals surface area contributed by atoms with E-state index < -0.39 is 17.7 Å². The summed E-state index contributed by atoms with van der Waals surface area (Å²) >= 11 is 6.36. The zero-order valence-electron chi connectivity index (χ0n) is 13.4. The first kappa shape index (κ1) is 17.9. The minimum absolute atomic E-state index is 0.0338. The fraction of sp³-hybridized carbons (Fsp3) is 0.0588. The number of nitrogens with one attached hydrogen (secondary N) is 2. The molecule has 0 saturated carbocycles. The van der Waals surface area contributed by atoms with E-state index in [1.807, 2.05) is 0 Å². The zero-order chi connectivity index (χ0) is 18.7. The van der Waals surface area contributed by atoms with Crippen LogP contribution in [0.25, 0.3) is 10.2 Å². The van der Waals surface area contributed by atoms with Gasteiger partial charge < -0.3 is 10.1 Å². The molecule has 0 saturated heterocycles. The molecule has 3 rings (SSSR count). The van der Waals surface area contributed by atoms with Gasteiger partial charge in [0.2, 0.25) is 0 Å². The largest absolute Gasteiger partial charge is 0.465 e. The topological polar surface area (TPSA) is 80.3 Å². The Labute approximate surface area is 157 Å². The first-order valence-electron chi connectivity index (χ1n) is 7.33. The second-order valence-electron chi connectivity index (χ2n) is 5.11. The number of amides is 1. The molecule has 0 aliphatic heterocycles. The molecule has 1 heterocycles. The Morgan fingerprint density at radius 3 is 2.73 bits per heavy atom. The van der Waals surface area contributed by atoms with Crippen molar-refractivity contribution in [2.75, 3.05) is 12.4 Å². The molecule has 1 amide bonds. The normalized spacial score (nSPS) is 10.4. The number of benzene rings is 2. The van der Waals surface area contributed by atoms with Gasteiger partial charge in [0.1, 0.15) is 5.82 Å². The molecule has 0 unspecified atom stereocenters. The van der Waals surface area contributed by atoms with Crippen molar-refractivity contribution in [3.63, 3.8) is 0 Å². The lowest BCUT2D eigenvalue weighted by Gasteiger charge is -2.07. The van der Waals surface area contributed by atoms with Gasteiger partial charge >= 0.3 is 5.97 Å². The highest BCUT2D eigenvalue weighted by molar-refractivity contribution is 7.80. The molecule has 2 aromatic carbocycles. The maximum Gasteiger partial charge on any atom is 0.337 e. The smallest absolute Gasteiger partial charge is 0.337 e. The number of esters is 1. The van der Waals surface area contributed by atoms with Gasteiger partial charge in [0.15, 0.2) is 10.2 Å². The van der Waals surface area contributed by atoms with E-state index in [1.165, 1.54) is 36.6 Å². The van der Waals surface area contributed by atoms with Crippen molar-refractivity contribution in [2.45, 2.75) is 0 Å². The predicted octanol–water partition coefficient (Wildman–Crippen LogP) is 3.35. The lowest BCUT2D eigenvalue weighted by Crippen LogP contribution is -2.34. The van der Waals surface area contributed by atoms with Crippen LogP contribution in [0.5, 0.6) is 0 Å². The monoisotopic (exact) mass is 389 g/mol. The molecule has 1 aromatic heterocycles. The Bertz CT molecular complexity index is 1020. The van der Waals surface area contributed by atoms with E-state index in [0.717, 1.165) is 10.8 Å². The van der Waals surface area contributed by atoms with Gasteiger partial charge in [-0.3, -0.25) is 10.1 Å². The number of anilines is 1. The van der Waals surface area contributed by atoms with Crippen LogP contribution in [-0.4, -0.2) is 29.1 Å². The summed E-state index contributed by atoms with van der Waals surface area (Å²) in [6, 6.07) is 10.2. The minimum Gasteiger partial charge on any atom is -0.465 e. The summed E-state index contributed by atoms with van der Waals surface area (Å²) in [6.45, 7) is 0. The first-order valence-corrected chi connectivity index (χ1v) is 8.55. The van der Waals surface area contributed by atoms with Crippen LogP contribution < -0.4 is 10.6 Å². The maximum absolute atomic E-state index is 13.2. The molecular weight excluding hydrogens is 377 g/mol. The van der Waals surface area contributed by atoms with E-state index in [1.54, 1.807) is 18.2 Å². The van der Waals surface area contributed by atoms with E-state index in [4.69, 9.17) is 12.2 Å². The molecule has 0 radical (unpaired) electrons. The fourth-order valence-corrected chi connectivity index (χ4v) is 3.32. The molecule has 0 bridgehead atoms. The number of carbonyl (C=O) groups is 2. The summed E-state index contributed by atoms with van der Waals surface area (Å²) in [6.07, 6.45) is 0. The van der Waals surface area contributed by atoms with E-state index in [-0.39, 0.29) is 10.7 Å². The third-order valence-electron chi connectivity index (χ3n) is 3.34. The highest BCUT2D eigenvalue weighted by Gasteiger charge is 2.12. The van der Waals surface area contributed by atoms with E-state index in [0.29, 0.717) is 16.2 Å². The van der Waals surface area contributed by atoms with Crippen LogP contribution in [0.1, 0.15) is 20.7 Å². The van der Waals surface area contributed by atoms with Crippen molar-refractivity contribution in [3.8, 4) is 0 Å². The van der Waals surface area contributed by atoms with E-state index >= 15 is 0 Å². The summed E-state index contributed by atoms with van der Waals surface area (Å²) in [7, 11) is 1.31. The lowest BCUT2D eigenvalue weighted by molar-refractivity contribution is 0.0600. The molecule has 2 N–H and O–H groups in total. The van der Waals surface area contributed by atoms with Gasteiger partial charge in [-0.2, -0.15) is 0 Å². The molecule has 0 atom stereocenters. The quantitative estimate of drug-likeness (QED) is 0.528. The second kappa shape index (κ2) is 7.54. The third-order valence-corrected chi connectivity index (χ3v) is 4.48. The number of nitrogens with zero attached hydrogens (tertiary/aromatic N) is 1. The van der Waals surface area contributed by atoms with Crippen molar-refractivity contribution >= 4 is 55.9 Å². The van der Waals surface area contributed by atoms with Crippen LogP contribution in [0.15, 0.2) is 42.5 Å². The molecule has 0 aliphatic carbocycles. The molecule has 3 aromatic rings. The number of ether oxygens (including phenoxy) is 1. The van der Waals surface area contributed by atoms with Crippen molar-refractivity contribution in [2.24, 2.45) is 0 Å². The number of thiazole rings is 1. The molecule has 0 spiro atoms. The molecule has 6 nitrogen and oxygen atoms in total. The van der Waals surface area contributed by atoms with E-state index in [9.17, 15) is 14.0 Å². The van der Waals surface area contributed by atoms with Gasteiger partial charge in [-0.15, -0.1) is 0 Å². The van der Waals surface area contributed by atoms with Crippen LogP contribution in [0, 0.1) is 5.82 Å². The Balaban J connectivity index is 1.71. The fourth-order valence-electron chi connectivity index (χ4n) is 2.16. The second-order valence-corrected chi connectivity index (χ2v) is 6.55. The molecule has 132 valence electrons. The number of aromatic nitrogens is 1. The van der Waals surface area contributed by atoms with Crippen LogP contribution in [0.3, 0.4) is 0 Å². The van der Waals surface area contributed by atoms with Crippen molar-refractivity contribution < 1.29 is 18.7 Å². The summed E-state index contributed by atoms with van der Waals surface area (Å²) in [4.78, 5) is 28.0. The number of thiocarbonyl (C=S) groups is 1. The molecule has 0 fully saturated rings. The Hall–Kier alpha value is -2.91. The number of rotatable bonds is 3. The predicted molar refractivity (Wildman–Crippen MR) is 101 cm³/mol. The Morgan fingerprint density at radius 1 is 1.19 bits per heavy atom. The zero-order valence-corrected chi connectivity index (χ0v) is 15.0. The van der Waals surface area contributed by atoms with Crippen molar-refractivity contribution in [3.05, 3.63) is 59.4 Å². The van der Waals surface area contributed by atoms with Gasteiger partial charge in [-0.25, -0.2) is 14.2 Å². The number of halogens is 1. The summed E-state index contributed by atoms with van der Waals surface area (Å²) in [5, 5.41) is 5.75. The van der Waals surface area contributed by atoms with Crippen LogP contribution in [0.2, 0.25) is 0 Å². The third kappa shape index (κ3) is 4.01. The van der Waals surface area contributed by atoms with Gasteiger partial charge in [-0.1, -0.05) is 17.4 Å². The summed E-state index contributed by atoms with van der Waals surface area (Å²) in [5.74, 6) is -1.48. The van der Waals surface area contributed by atoms with Crippen molar-refractivity contribution in [1.82, 2.24) is 10.3 Å². The minimum atomic E-state index is -0.531. The molecular formula is C17H12FN3O3S2. The number of hydrogen-bond acceptors (Lipinski definition) is 6. The maximum atomic E-state index is 13.2. The molecule has 26 heavy (non-hydrogen) atoms. The molecule has 0 aliphatic rings. The van der Waals surface area contributed by atoms with Crippen LogP contribution in [0.4, 0.5) is 9.52 Å².